The van der Waals surface area contributed by atoms with Crippen molar-refractivity contribution in [1.82, 2.24) is 0 Å². The summed E-state index contributed by atoms with van der Waals surface area (Å²) in [7, 11) is 0. The van der Waals surface area contributed by atoms with Crippen molar-refractivity contribution >= 4 is 10.8 Å². The molecule has 18 heavy (non-hydrogen) atoms. The van der Waals surface area contributed by atoms with Gasteiger partial charge in [-0.15, -0.1) is 0 Å². The molecule has 0 aliphatic carbocycles. The number of aliphatic hydroxyl groups excluding tert-OH is 2. The Balaban J connectivity index is 2.98. The van der Waals surface area contributed by atoms with Crippen LogP contribution < -0.4 is 0 Å². The third-order valence-corrected chi connectivity index (χ3v) is 4.15. The Morgan fingerprint density at radius 2 is 1.44 bits per heavy atom. The van der Waals surface area contributed by atoms with Gasteiger partial charge >= 0.3 is 0 Å². The largest absolute Gasteiger partial charge is 0.392 e. The second-order valence-corrected chi connectivity index (χ2v) is 4.94. The fourth-order valence-corrected chi connectivity index (χ4v) is 2.82. The van der Waals surface area contributed by atoms with Crippen LogP contribution in [0.5, 0.6) is 0 Å². The summed E-state index contributed by atoms with van der Waals surface area (Å²) in [6.07, 6.45) is 0. The lowest BCUT2D eigenvalue weighted by Gasteiger charge is -2.18. The van der Waals surface area contributed by atoms with Crippen molar-refractivity contribution < 1.29 is 10.2 Å². The highest BCUT2D eigenvalue weighted by Gasteiger charge is 2.14. The monoisotopic (exact) mass is 244 g/mol. The van der Waals surface area contributed by atoms with Crippen molar-refractivity contribution in [1.29, 1.82) is 0 Å². The summed E-state index contributed by atoms with van der Waals surface area (Å²) in [5.41, 5.74) is 6.64. The van der Waals surface area contributed by atoms with E-state index in [1.165, 1.54) is 16.3 Å². The molecule has 2 N–H and O–H groups in total. The molecule has 2 heteroatoms. The third-order valence-electron chi connectivity index (χ3n) is 4.15. The van der Waals surface area contributed by atoms with E-state index in [0.29, 0.717) is 0 Å². The molecule has 2 nitrogen and oxygen atoms in total. The fraction of sp³-hybridized carbons (Fsp3) is 0.375. The molecule has 2 rings (SSSR count). The van der Waals surface area contributed by atoms with E-state index in [0.717, 1.165) is 27.8 Å². The quantitative estimate of drug-likeness (QED) is 0.852. The number of benzene rings is 2. The van der Waals surface area contributed by atoms with Gasteiger partial charge in [0.05, 0.1) is 13.2 Å². The molecule has 0 aromatic heterocycles. The summed E-state index contributed by atoms with van der Waals surface area (Å²) in [6.45, 7) is 8.40. The molecule has 0 saturated carbocycles. The average molecular weight is 244 g/mol. The van der Waals surface area contributed by atoms with Crippen LogP contribution in [-0.2, 0) is 13.2 Å². The van der Waals surface area contributed by atoms with Gasteiger partial charge in [0.25, 0.3) is 0 Å². The van der Waals surface area contributed by atoms with E-state index >= 15 is 0 Å². The molecular formula is C16H20O2. The molecule has 0 heterocycles. The van der Waals surface area contributed by atoms with Gasteiger partial charge in [-0.1, -0.05) is 12.1 Å². The SMILES string of the molecule is Cc1c(CO)c(C)c2ccc(CO)c(C)c2c1C. The third kappa shape index (κ3) is 1.73. The van der Waals surface area contributed by atoms with E-state index in [4.69, 9.17) is 0 Å². The number of rotatable bonds is 2. The zero-order chi connectivity index (χ0) is 13.4. The van der Waals surface area contributed by atoms with Gasteiger partial charge in [-0.3, -0.25) is 0 Å². The highest BCUT2D eigenvalue weighted by atomic mass is 16.3. The van der Waals surface area contributed by atoms with Gasteiger partial charge in [0.1, 0.15) is 0 Å². The van der Waals surface area contributed by atoms with E-state index < -0.39 is 0 Å². The molecule has 0 amide bonds. The van der Waals surface area contributed by atoms with Crippen LogP contribution in [0.4, 0.5) is 0 Å². The van der Waals surface area contributed by atoms with Crippen LogP contribution in [0.25, 0.3) is 10.8 Å². The smallest absolute Gasteiger partial charge is 0.0687 e. The Morgan fingerprint density at radius 1 is 0.778 bits per heavy atom. The van der Waals surface area contributed by atoms with Crippen LogP contribution in [0.15, 0.2) is 12.1 Å². The second-order valence-electron chi connectivity index (χ2n) is 4.94. The van der Waals surface area contributed by atoms with Crippen molar-refractivity contribution in [2.45, 2.75) is 40.9 Å². The molecule has 0 radical (unpaired) electrons. The van der Waals surface area contributed by atoms with Gasteiger partial charge in [-0.2, -0.15) is 0 Å². The number of hydrogen-bond donors (Lipinski definition) is 2. The first-order valence-corrected chi connectivity index (χ1v) is 6.25. The Bertz CT molecular complexity index is 613. The lowest BCUT2D eigenvalue weighted by molar-refractivity contribution is 0.280. The predicted molar refractivity (Wildman–Crippen MR) is 74.7 cm³/mol. The van der Waals surface area contributed by atoms with E-state index in [1.54, 1.807) is 0 Å². The minimum atomic E-state index is 0.0705. The second kappa shape index (κ2) is 4.71. The van der Waals surface area contributed by atoms with E-state index in [2.05, 4.69) is 33.8 Å². The number of aryl methyl sites for hydroxylation is 3. The molecule has 0 fully saturated rings. The molecule has 0 aliphatic heterocycles. The Hall–Kier alpha value is -1.38. The first-order chi connectivity index (χ1) is 8.52. The molecule has 0 spiro atoms. The lowest BCUT2D eigenvalue weighted by atomic mass is 9.88. The van der Waals surface area contributed by atoms with Gasteiger partial charge in [0, 0.05) is 0 Å². The molecule has 2 aromatic rings. The van der Waals surface area contributed by atoms with E-state index in [1.807, 2.05) is 6.07 Å². The Labute approximate surface area is 108 Å². The molecular weight excluding hydrogens is 224 g/mol. The summed E-state index contributed by atoms with van der Waals surface area (Å²) in [5.74, 6) is 0. The molecule has 0 saturated heterocycles. The number of hydrogen-bond acceptors (Lipinski definition) is 2. The summed E-state index contributed by atoms with van der Waals surface area (Å²) in [5, 5.41) is 21.3. The standard InChI is InChI=1S/C16H20O2/c1-9-10(2)16-11(3)13(7-17)5-6-14(16)12(4)15(9)8-18/h5-6,17-18H,7-8H2,1-4H3. The summed E-state index contributed by atoms with van der Waals surface area (Å²) >= 11 is 0. The topological polar surface area (TPSA) is 40.5 Å². The number of aliphatic hydroxyl groups is 2. The highest BCUT2D eigenvalue weighted by Crippen LogP contribution is 2.33. The van der Waals surface area contributed by atoms with Crippen molar-refractivity contribution in [2.24, 2.45) is 0 Å². The molecule has 0 bridgehead atoms. The maximum absolute atomic E-state index is 9.51. The molecule has 0 aliphatic rings. The van der Waals surface area contributed by atoms with Crippen molar-refractivity contribution in [3.05, 3.63) is 45.5 Å². The molecule has 2 aromatic carbocycles. The van der Waals surface area contributed by atoms with Gasteiger partial charge in [0.2, 0.25) is 0 Å². The summed E-state index contributed by atoms with van der Waals surface area (Å²) < 4.78 is 0. The zero-order valence-electron chi connectivity index (χ0n) is 11.5. The average Bonchev–Trinajstić information content (AvgIpc) is 2.36. The van der Waals surface area contributed by atoms with Crippen molar-refractivity contribution in [3.8, 4) is 0 Å². The summed E-state index contributed by atoms with van der Waals surface area (Å²) in [6, 6.07) is 4.02. The van der Waals surface area contributed by atoms with Crippen molar-refractivity contribution in [2.75, 3.05) is 0 Å². The van der Waals surface area contributed by atoms with Gasteiger partial charge in [0.15, 0.2) is 0 Å². The van der Waals surface area contributed by atoms with Crippen LogP contribution in [0.2, 0.25) is 0 Å². The minimum Gasteiger partial charge on any atom is -0.392 e. The van der Waals surface area contributed by atoms with E-state index in [9.17, 15) is 10.2 Å². The fourth-order valence-electron chi connectivity index (χ4n) is 2.82. The zero-order valence-corrected chi connectivity index (χ0v) is 11.5. The summed E-state index contributed by atoms with van der Waals surface area (Å²) in [4.78, 5) is 0. The number of fused-ring (bicyclic) bond motifs is 1. The maximum atomic E-state index is 9.51. The highest BCUT2D eigenvalue weighted by molar-refractivity contribution is 5.94. The van der Waals surface area contributed by atoms with Crippen LogP contribution in [0, 0.1) is 27.7 Å². The van der Waals surface area contributed by atoms with Gasteiger partial charge < -0.3 is 10.2 Å². The van der Waals surface area contributed by atoms with Gasteiger partial charge in [-0.25, -0.2) is 0 Å². The van der Waals surface area contributed by atoms with E-state index in [-0.39, 0.29) is 13.2 Å². The van der Waals surface area contributed by atoms with Crippen LogP contribution >= 0.6 is 0 Å². The van der Waals surface area contributed by atoms with Gasteiger partial charge in [-0.05, 0) is 71.8 Å². The normalized spacial score (nSPS) is 11.2. The first kappa shape index (κ1) is 13.1. The van der Waals surface area contributed by atoms with Crippen LogP contribution in [0.1, 0.15) is 33.4 Å². The lowest BCUT2D eigenvalue weighted by Crippen LogP contribution is -2.01. The first-order valence-electron chi connectivity index (χ1n) is 6.25. The minimum absolute atomic E-state index is 0.0705. The molecule has 0 unspecified atom stereocenters. The molecule has 0 atom stereocenters. The van der Waals surface area contributed by atoms with Crippen LogP contribution in [0.3, 0.4) is 0 Å². The molecule has 96 valence electrons. The predicted octanol–water partition coefficient (Wildman–Crippen LogP) is 3.06. The maximum Gasteiger partial charge on any atom is 0.0687 e. The van der Waals surface area contributed by atoms with Crippen LogP contribution in [-0.4, -0.2) is 10.2 Å². The van der Waals surface area contributed by atoms with Crippen molar-refractivity contribution in [3.63, 3.8) is 0 Å². The Morgan fingerprint density at radius 3 is 2.00 bits per heavy atom. The Kier molecular flexibility index (Phi) is 3.42.